The standard InChI is InChI=1S/C30H26BrN5O4/c1-19-6-5-9-25(27(19)31)36-17-24(32-33-36)26-18-34(14-15-40-26)28(37)21-10-11-22-23(16-21)30(39)35(29(22)38)13-12-20-7-3-2-4-8-20/h2-11,16-17,26H,12-15,18H2,1H3. The molecule has 4 aromatic rings. The molecule has 202 valence electrons. The Morgan fingerprint density at radius 1 is 1.02 bits per heavy atom. The van der Waals surface area contributed by atoms with Crippen LogP contribution >= 0.6 is 15.9 Å². The highest BCUT2D eigenvalue weighted by Gasteiger charge is 2.36. The summed E-state index contributed by atoms with van der Waals surface area (Å²) in [5.74, 6) is -0.929. The summed E-state index contributed by atoms with van der Waals surface area (Å²) in [5.41, 5.74) is 4.55. The fourth-order valence-corrected chi connectivity index (χ4v) is 5.50. The number of hydrogen-bond acceptors (Lipinski definition) is 6. The normalized spacial score (nSPS) is 16.9. The number of fused-ring (bicyclic) bond motifs is 1. The zero-order valence-electron chi connectivity index (χ0n) is 21.8. The predicted molar refractivity (Wildman–Crippen MR) is 150 cm³/mol. The van der Waals surface area contributed by atoms with E-state index < -0.39 is 6.10 Å². The molecule has 3 amide bonds. The lowest BCUT2D eigenvalue weighted by Gasteiger charge is -2.32. The van der Waals surface area contributed by atoms with E-state index >= 15 is 0 Å². The lowest BCUT2D eigenvalue weighted by molar-refractivity contribution is -0.0247. The third-order valence-electron chi connectivity index (χ3n) is 7.30. The number of imide groups is 1. The monoisotopic (exact) mass is 599 g/mol. The van der Waals surface area contributed by atoms with Crippen LogP contribution in [0.25, 0.3) is 5.69 Å². The van der Waals surface area contributed by atoms with Gasteiger partial charge in [-0.05, 0) is 64.7 Å². The van der Waals surface area contributed by atoms with Gasteiger partial charge in [-0.25, -0.2) is 4.68 Å². The molecule has 0 bridgehead atoms. The number of amides is 3. The molecule has 1 atom stereocenters. The molecule has 2 aliphatic rings. The van der Waals surface area contributed by atoms with Gasteiger partial charge >= 0.3 is 0 Å². The number of benzene rings is 3. The largest absolute Gasteiger partial charge is 0.368 e. The quantitative estimate of drug-likeness (QED) is 0.305. The molecule has 3 heterocycles. The van der Waals surface area contributed by atoms with E-state index in [0.29, 0.717) is 42.9 Å². The van der Waals surface area contributed by atoms with Gasteiger partial charge in [0, 0.05) is 23.1 Å². The molecule has 0 N–H and O–H groups in total. The zero-order valence-corrected chi connectivity index (χ0v) is 23.4. The highest BCUT2D eigenvalue weighted by atomic mass is 79.9. The van der Waals surface area contributed by atoms with Crippen molar-refractivity contribution in [3.8, 4) is 5.69 Å². The number of nitrogens with zero attached hydrogens (tertiary/aromatic N) is 5. The molecule has 0 aliphatic carbocycles. The summed E-state index contributed by atoms with van der Waals surface area (Å²) in [6.45, 7) is 3.32. The van der Waals surface area contributed by atoms with Crippen LogP contribution in [0, 0.1) is 6.92 Å². The van der Waals surface area contributed by atoms with Crippen molar-refractivity contribution in [1.82, 2.24) is 24.8 Å². The third-order valence-corrected chi connectivity index (χ3v) is 8.33. The second-order valence-corrected chi connectivity index (χ2v) is 10.7. The summed E-state index contributed by atoms with van der Waals surface area (Å²) in [4.78, 5) is 42.5. The summed E-state index contributed by atoms with van der Waals surface area (Å²) < 4.78 is 8.55. The Hall–Kier alpha value is -4.15. The minimum atomic E-state index is -0.443. The number of carbonyl (C=O) groups excluding carboxylic acids is 3. The molecular formula is C30H26BrN5O4. The highest BCUT2D eigenvalue weighted by molar-refractivity contribution is 9.10. The molecule has 0 radical (unpaired) electrons. The van der Waals surface area contributed by atoms with Crippen LogP contribution in [0.3, 0.4) is 0 Å². The molecule has 1 unspecified atom stereocenters. The second kappa shape index (κ2) is 10.8. The number of aryl methyl sites for hydroxylation is 1. The topological polar surface area (TPSA) is 97.6 Å². The zero-order chi connectivity index (χ0) is 27.8. The average molecular weight is 600 g/mol. The van der Waals surface area contributed by atoms with Gasteiger partial charge in [0.15, 0.2) is 0 Å². The molecule has 6 rings (SSSR count). The van der Waals surface area contributed by atoms with Crippen LogP contribution in [-0.2, 0) is 11.2 Å². The second-order valence-electron chi connectivity index (χ2n) is 9.86. The van der Waals surface area contributed by atoms with Crippen molar-refractivity contribution in [2.45, 2.75) is 19.4 Å². The molecule has 1 aromatic heterocycles. The van der Waals surface area contributed by atoms with E-state index in [1.165, 1.54) is 11.0 Å². The molecule has 9 nitrogen and oxygen atoms in total. The first-order valence-electron chi connectivity index (χ1n) is 13.0. The Balaban J connectivity index is 1.16. The summed E-state index contributed by atoms with van der Waals surface area (Å²) in [6, 6.07) is 20.3. The average Bonchev–Trinajstić information content (AvgIpc) is 3.57. The van der Waals surface area contributed by atoms with Gasteiger partial charge < -0.3 is 9.64 Å². The van der Waals surface area contributed by atoms with E-state index in [1.54, 1.807) is 21.7 Å². The number of carbonyl (C=O) groups is 3. The Kier molecular flexibility index (Phi) is 7.03. The summed E-state index contributed by atoms with van der Waals surface area (Å²) in [7, 11) is 0. The maximum Gasteiger partial charge on any atom is 0.261 e. The van der Waals surface area contributed by atoms with Gasteiger partial charge in [0.1, 0.15) is 11.8 Å². The van der Waals surface area contributed by atoms with Crippen molar-refractivity contribution < 1.29 is 19.1 Å². The lowest BCUT2D eigenvalue weighted by Crippen LogP contribution is -2.42. The molecule has 1 fully saturated rings. The van der Waals surface area contributed by atoms with Crippen LogP contribution in [-0.4, -0.2) is 68.8 Å². The Morgan fingerprint density at radius 3 is 2.65 bits per heavy atom. The van der Waals surface area contributed by atoms with E-state index in [0.717, 1.165) is 21.3 Å². The number of hydrogen-bond donors (Lipinski definition) is 0. The number of halogens is 1. The molecule has 0 spiro atoms. The van der Waals surface area contributed by atoms with Crippen molar-refractivity contribution in [3.05, 3.63) is 111 Å². The van der Waals surface area contributed by atoms with Crippen molar-refractivity contribution in [2.24, 2.45) is 0 Å². The van der Waals surface area contributed by atoms with Gasteiger partial charge in [0.05, 0.1) is 36.2 Å². The maximum absolute atomic E-state index is 13.5. The molecule has 1 saturated heterocycles. The number of aromatic nitrogens is 3. The Bertz CT molecular complexity index is 1620. The summed E-state index contributed by atoms with van der Waals surface area (Å²) in [6.07, 6.45) is 1.93. The number of rotatable bonds is 6. The van der Waals surface area contributed by atoms with Crippen LogP contribution in [0.15, 0.2) is 77.4 Å². The van der Waals surface area contributed by atoms with Crippen LogP contribution in [0.4, 0.5) is 0 Å². The Labute approximate surface area is 239 Å². The minimum absolute atomic E-state index is 0.229. The number of ether oxygens (including phenoxy) is 1. The first kappa shape index (κ1) is 26.1. The van der Waals surface area contributed by atoms with Crippen LogP contribution in [0.5, 0.6) is 0 Å². The van der Waals surface area contributed by atoms with E-state index in [4.69, 9.17) is 4.74 Å². The van der Waals surface area contributed by atoms with Gasteiger partial charge in [-0.2, -0.15) is 0 Å². The first-order valence-corrected chi connectivity index (χ1v) is 13.8. The lowest BCUT2D eigenvalue weighted by atomic mass is 10.0. The van der Waals surface area contributed by atoms with E-state index in [1.807, 2.05) is 61.7 Å². The summed E-state index contributed by atoms with van der Waals surface area (Å²) >= 11 is 3.61. The van der Waals surface area contributed by atoms with E-state index in [9.17, 15) is 14.4 Å². The van der Waals surface area contributed by atoms with Gasteiger partial charge in [-0.1, -0.05) is 47.7 Å². The van der Waals surface area contributed by atoms with Gasteiger partial charge in [-0.15, -0.1) is 5.10 Å². The maximum atomic E-state index is 13.5. The van der Waals surface area contributed by atoms with Gasteiger partial charge in [-0.3, -0.25) is 19.3 Å². The minimum Gasteiger partial charge on any atom is -0.368 e. The fraction of sp³-hybridized carbons (Fsp3) is 0.233. The SMILES string of the molecule is Cc1cccc(-n2cc(C3CN(C(=O)c4ccc5c(c4)C(=O)N(CCc4ccccc4)C5=O)CCO3)nn2)c1Br. The van der Waals surface area contributed by atoms with Crippen molar-refractivity contribution in [2.75, 3.05) is 26.2 Å². The van der Waals surface area contributed by atoms with Crippen LogP contribution in [0.2, 0.25) is 0 Å². The smallest absolute Gasteiger partial charge is 0.261 e. The van der Waals surface area contributed by atoms with Crippen molar-refractivity contribution in [3.63, 3.8) is 0 Å². The van der Waals surface area contributed by atoms with Crippen molar-refractivity contribution in [1.29, 1.82) is 0 Å². The Morgan fingerprint density at radius 2 is 1.82 bits per heavy atom. The molecule has 3 aromatic carbocycles. The van der Waals surface area contributed by atoms with Crippen molar-refractivity contribution >= 4 is 33.7 Å². The molecular weight excluding hydrogens is 574 g/mol. The molecule has 40 heavy (non-hydrogen) atoms. The van der Waals surface area contributed by atoms with Crippen LogP contribution in [0.1, 0.15) is 54.0 Å². The molecule has 2 aliphatic heterocycles. The third kappa shape index (κ3) is 4.84. The number of morpholine rings is 1. The van der Waals surface area contributed by atoms with Crippen LogP contribution < -0.4 is 0 Å². The van der Waals surface area contributed by atoms with E-state index in [2.05, 4.69) is 26.2 Å². The van der Waals surface area contributed by atoms with Gasteiger partial charge in [0.25, 0.3) is 17.7 Å². The molecule has 10 heteroatoms. The highest BCUT2D eigenvalue weighted by Crippen LogP contribution is 2.28. The van der Waals surface area contributed by atoms with E-state index in [-0.39, 0.29) is 29.8 Å². The fourth-order valence-electron chi connectivity index (χ4n) is 5.06. The first-order chi connectivity index (χ1) is 19.4. The predicted octanol–water partition coefficient (Wildman–Crippen LogP) is 4.39. The van der Waals surface area contributed by atoms with Gasteiger partial charge in [0.2, 0.25) is 0 Å². The molecule has 0 saturated carbocycles. The summed E-state index contributed by atoms with van der Waals surface area (Å²) in [5, 5.41) is 8.58.